The van der Waals surface area contributed by atoms with Crippen LogP contribution in [-0.4, -0.2) is 54.3 Å². The van der Waals surface area contributed by atoms with E-state index >= 15 is 0 Å². The molecule has 1 aromatic carbocycles. The van der Waals surface area contributed by atoms with E-state index in [-0.39, 0.29) is 6.04 Å². The molecule has 118 valence electrons. The molecule has 1 fully saturated rings. The SMILES string of the molecule is CC(c1nc2cc3c(cc2[nH]1)OCCO3)N1CCCNCC1. The highest BCUT2D eigenvalue weighted by atomic mass is 16.6. The Labute approximate surface area is 129 Å². The molecule has 6 nitrogen and oxygen atoms in total. The number of rotatable bonds is 2. The number of hydrogen-bond acceptors (Lipinski definition) is 5. The predicted octanol–water partition coefficient (Wildman–Crippen LogP) is 1.69. The van der Waals surface area contributed by atoms with Gasteiger partial charge in [-0.25, -0.2) is 4.98 Å². The van der Waals surface area contributed by atoms with Gasteiger partial charge in [-0.05, 0) is 19.9 Å². The lowest BCUT2D eigenvalue weighted by atomic mass is 10.2. The number of benzene rings is 1. The van der Waals surface area contributed by atoms with Gasteiger partial charge in [0.2, 0.25) is 0 Å². The summed E-state index contributed by atoms with van der Waals surface area (Å²) in [4.78, 5) is 10.7. The van der Waals surface area contributed by atoms with Gasteiger partial charge in [0.25, 0.3) is 0 Å². The van der Waals surface area contributed by atoms with E-state index < -0.39 is 0 Å². The van der Waals surface area contributed by atoms with Crippen LogP contribution in [0.2, 0.25) is 0 Å². The molecule has 3 heterocycles. The van der Waals surface area contributed by atoms with Crippen LogP contribution in [0.15, 0.2) is 12.1 Å². The van der Waals surface area contributed by atoms with Gasteiger partial charge < -0.3 is 19.8 Å². The standard InChI is InChI=1S/C16H22N4O2/c1-11(20-5-2-3-17-4-6-20)16-18-12-9-14-15(10-13(12)19-16)22-8-7-21-14/h9-11,17H,2-8H2,1H3,(H,18,19). The van der Waals surface area contributed by atoms with Gasteiger partial charge in [-0.3, -0.25) is 4.90 Å². The van der Waals surface area contributed by atoms with Gasteiger partial charge in [0.05, 0.1) is 17.1 Å². The fourth-order valence-corrected chi connectivity index (χ4v) is 3.19. The minimum atomic E-state index is 0.283. The van der Waals surface area contributed by atoms with E-state index in [0.717, 1.165) is 54.5 Å². The van der Waals surface area contributed by atoms with E-state index in [2.05, 4.69) is 22.1 Å². The summed E-state index contributed by atoms with van der Waals surface area (Å²) < 4.78 is 11.3. The average molecular weight is 302 g/mol. The molecule has 1 aromatic heterocycles. The lowest BCUT2D eigenvalue weighted by Crippen LogP contribution is -2.31. The molecule has 0 aliphatic carbocycles. The van der Waals surface area contributed by atoms with E-state index in [9.17, 15) is 0 Å². The summed E-state index contributed by atoms with van der Waals surface area (Å²) in [7, 11) is 0. The summed E-state index contributed by atoms with van der Waals surface area (Å²) in [5.74, 6) is 2.61. The summed E-state index contributed by atoms with van der Waals surface area (Å²) >= 11 is 0. The molecule has 1 atom stereocenters. The van der Waals surface area contributed by atoms with Gasteiger partial charge >= 0.3 is 0 Å². The van der Waals surface area contributed by atoms with Crippen molar-refractivity contribution in [1.29, 1.82) is 0 Å². The van der Waals surface area contributed by atoms with Crippen molar-refractivity contribution in [3.05, 3.63) is 18.0 Å². The molecule has 2 N–H and O–H groups in total. The van der Waals surface area contributed by atoms with Crippen molar-refractivity contribution in [3.63, 3.8) is 0 Å². The summed E-state index contributed by atoms with van der Waals surface area (Å²) in [6.45, 7) is 7.74. The van der Waals surface area contributed by atoms with Crippen LogP contribution in [0.4, 0.5) is 0 Å². The van der Waals surface area contributed by atoms with Gasteiger partial charge in [0, 0.05) is 31.8 Å². The van der Waals surface area contributed by atoms with Gasteiger partial charge in [0.1, 0.15) is 19.0 Å². The van der Waals surface area contributed by atoms with Crippen molar-refractivity contribution in [2.75, 3.05) is 39.4 Å². The monoisotopic (exact) mass is 302 g/mol. The van der Waals surface area contributed by atoms with Gasteiger partial charge in [0.15, 0.2) is 11.5 Å². The Kier molecular flexibility index (Phi) is 3.63. The Balaban J connectivity index is 1.63. The average Bonchev–Trinajstić information content (AvgIpc) is 2.77. The molecule has 1 unspecified atom stereocenters. The van der Waals surface area contributed by atoms with Crippen LogP contribution in [0.3, 0.4) is 0 Å². The van der Waals surface area contributed by atoms with Crippen LogP contribution in [-0.2, 0) is 0 Å². The minimum absolute atomic E-state index is 0.283. The third kappa shape index (κ3) is 2.53. The largest absolute Gasteiger partial charge is 0.486 e. The zero-order valence-electron chi connectivity index (χ0n) is 12.9. The van der Waals surface area contributed by atoms with Gasteiger partial charge in [-0.15, -0.1) is 0 Å². The van der Waals surface area contributed by atoms with Crippen LogP contribution in [0.25, 0.3) is 11.0 Å². The summed E-state index contributed by atoms with van der Waals surface area (Å²) in [6, 6.07) is 4.25. The maximum absolute atomic E-state index is 5.64. The summed E-state index contributed by atoms with van der Waals surface area (Å²) in [5.41, 5.74) is 1.96. The first-order chi connectivity index (χ1) is 10.8. The maximum Gasteiger partial charge on any atom is 0.163 e. The van der Waals surface area contributed by atoms with Crippen LogP contribution in [0.5, 0.6) is 11.5 Å². The van der Waals surface area contributed by atoms with Crippen LogP contribution < -0.4 is 14.8 Å². The maximum atomic E-state index is 5.64. The molecule has 0 spiro atoms. The second-order valence-electron chi connectivity index (χ2n) is 5.95. The number of hydrogen-bond donors (Lipinski definition) is 2. The molecular formula is C16H22N4O2. The van der Waals surface area contributed by atoms with Crippen LogP contribution in [0, 0.1) is 0 Å². The number of nitrogens with one attached hydrogen (secondary N) is 2. The van der Waals surface area contributed by atoms with E-state index in [1.54, 1.807) is 0 Å². The van der Waals surface area contributed by atoms with Crippen molar-refractivity contribution < 1.29 is 9.47 Å². The molecule has 2 aromatic rings. The molecule has 6 heteroatoms. The van der Waals surface area contributed by atoms with Gasteiger partial charge in [-0.2, -0.15) is 0 Å². The number of nitrogens with zero attached hydrogens (tertiary/aromatic N) is 2. The second kappa shape index (κ2) is 5.78. The highest BCUT2D eigenvalue weighted by Crippen LogP contribution is 2.34. The molecule has 0 amide bonds. The Morgan fingerprint density at radius 1 is 1.14 bits per heavy atom. The number of imidazole rings is 1. The second-order valence-corrected chi connectivity index (χ2v) is 5.95. The normalized spacial score (nSPS) is 20.8. The molecule has 4 rings (SSSR count). The van der Waals surface area contributed by atoms with Crippen molar-refractivity contribution in [3.8, 4) is 11.5 Å². The summed E-state index contributed by atoms with van der Waals surface area (Å²) in [5, 5.41) is 3.44. The van der Waals surface area contributed by atoms with E-state index in [1.165, 1.54) is 6.42 Å². The topological polar surface area (TPSA) is 62.4 Å². The van der Waals surface area contributed by atoms with Crippen LogP contribution in [0.1, 0.15) is 25.2 Å². The first kappa shape index (κ1) is 13.8. The predicted molar refractivity (Wildman–Crippen MR) is 84.6 cm³/mol. The third-order valence-electron chi connectivity index (χ3n) is 4.48. The summed E-state index contributed by atoms with van der Waals surface area (Å²) in [6.07, 6.45) is 1.18. The number of H-pyrrole nitrogens is 1. The van der Waals surface area contributed by atoms with E-state index in [1.807, 2.05) is 12.1 Å². The highest BCUT2D eigenvalue weighted by Gasteiger charge is 2.21. The Morgan fingerprint density at radius 3 is 2.82 bits per heavy atom. The lowest BCUT2D eigenvalue weighted by molar-refractivity contribution is 0.172. The lowest BCUT2D eigenvalue weighted by Gasteiger charge is -2.25. The molecule has 2 aliphatic rings. The van der Waals surface area contributed by atoms with E-state index in [0.29, 0.717) is 13.2 Å². The number of ether oxygens (including phenoxy) is 2. The molecular weight excluding hydrogens is 280 g/mol. The first-order valence-electron chi connectivity index (χ1n) is 8.05. The minimum Gasteiger partial charge on any atom is -0.486 e. The van der Waals surface area contributed by atoms with Crippen molar-refractivity contribution in [2.45, 2.75) is 19.4 Å². The number of aromatic nitrogens is 2. The fraction of sp³-hybridized carbons (Fsp3) is 0.562. The quantitative estimate of drug-likeness (QED) is 0.884. The highest BCUT2D eigenvalue weighted by molar-refractivity contribution is 5.80. The van der Waals surface area contributed by atoms with Gasteiger partial charge in [-0.1, -0.05) is 0 Å². The smallest absolute Gasteiger partial charge is 0.163 e. The van der Waals surface area contributed by atoms with Crippen LogP contribution >= 0.6 is 0 Å². The molecule has 0 bridgehead atoms. The molecule has 0 saturated carbocycles. The van der Waals surface area contributed by atoms with E-state index in [4.69, 9.17) is 14.5 Å². The number of aromatic amines is 1. The fourth-order valence-electron chi connectivity index (χ4n) is 3.19. The Bertz CT molecular complexity index is 618. The van der Waals surface area contributed by atoms with Crippen molar-refractivity contribution >= 4 is 11.0 Å². The third-order valence-corrected chi connectivity index (χ3v) is 4.48. The Hall–Kier alpha value is -1.79. The Morgan fingerprint density at radius 2 is 1.95 bits per heavy atom. The zero-order valence-corrected chi connectivity index (χ0v) is 12.9. The first-order valence-corrected chi connectivity index (χ1v) is 8.05. The van der Waals surface area contributed by atoms with Crippen molar-refractivity contribution in [1.82, 2.24) is 20.2 Å². The number of fused-ring (bicyclic) bond motifs is 2. The molecule has 0 radical (unpaired) electrons. The zero-order chi connectivity index (χ0) is 14.9. The molecule has 1 saturated heterocycles. The van der Waals surface area contributed by atoms with Crippen molar-refractivity contribution in [2.24, 2.45) is 0 Å². The molecule has 22 heavy (non-hydrogen) atoms. The molecule has 2 aliphatic heterocycles.